The number of methoxy groups -OCH3 is 1. The molecule has 0 aromatic carbocycles. The van der Waals surface area contributed by atoms with Crippen LogP contribution in [0.5, 0.6) is 0 Å². The maximum Gasteiger partial charge on any atom is 0.307 e. The zero-order chi connectivity index (χ0) is 15.0. The van der Waals surface area contributed by atoms with Crippen LogP contribution in [0.3, 0.4) is 0 Å². The molecule has 4 rings (SSSR count). The Bertz CT molecular complexity index is 396. The number of hydrogen-bond acceptors (Lipinski definition) is 3. The van der Waals surface area contributed by atoms with Gasteiger partial charge in [-0.15, -0.1) is 0 Å². The first-order valence-electron chi connectivity index (χ1n) is 8.42. The first kappa shape index (κ1) is 14.9. The smallest absolute Gasteiger partial charge is 0.307 e. The third-order valence-corrected chi connectivity index (χ3v) is 5.97. The van der Waals surface area contributed by atoms with Crippen molar-refractivity contribution in [3.8, 4) is 0 Å². The second-order valence-corrected chi connectivity index (χ2v) is 7.41. The van der Waals surface area contributed by atoms with Crippen molar-refractivity contribution < 1.29 is 14.3 Å². The van der Waals surface area contributed by atoms with Gasteiger partial charge in [0.2, 0.25) is 5.91 Å². The SMILES string of the molecule is CCN(CCC(=O)OC)C(=O)C12CC3CC(CC(C3)C1)C2. The second kappa shape index (κ2) is 5.62. The number of carbonyl (C=O) groups is 2. The van der Waals surface area contributed by atoms with Crippen LogP contribution in [0.2, 0.25) is 0 Å². The minimum Gasteiger partial charge on any atom is -0.469 e. The maximum absolute atomic E-state index is 13.1. The van der Waals surface area contributed by atoms with Gasteiger partial charge in [0.25, 0.3) is 0 Å². The van der Waals surface area contributed by atoms with Crippen molar-refractivity contribution in [2.45, 2.75) is 51.9 Å². The van der Waals surface area contributed by atoms with Crippen molar-refractivity contribution in [2.75, 3.05) is 20.2 Å². The Labute approximate surface area is 127 Å². The van der Waals surface area contributed by atoms with Gasteiger partial charge < -0.3 is 9.64 Å². The summed E-state index contributed by atoms with van der Waals surface area (Å²) in [4.78, 5) is 26.3. The summed E-state index contributed by atoms with van der Waals surface area (Å²) in [5.74, 6) is 2.42. The third-order valence-electron chi connectivity index (χ3n) is 5.97. The lowest BCUT2D eigenvalue weighted by Crippen LogP contribution is -2.54. The maximum atomic E-state index is 13.1. The van der Waals surface area contributed by atoms with Gasteiger partial charge >= 0.3 is 5.97 Å². The molecule has 0 unspecified atom stereocenters. The van der Waals surface area contributed by atoms with E-state index in [-0.39, 0.29) is 11.4 Å². The standard InChI is InChI=1S/C17H27NO3/c1-3-18(5-4-15(19)21-2)16(20)17-9-12-6-13(10-17)8-14(7-12)11-17/h12-14H,3-11H2,1-2H3. The number of hydrogen-bond donors (Lipinski definition) is 0. The molecule has 4 heteroatoms. The monoisotopic (exact) mass is 293 g/mol. The molecule has 0 aliphatic heterocycles. The van der Waals surface area contributed by atoms with Crippen LogP contribution in [0.25, 0.3) is 0 Å². The zero-order valence-corrected chi connectivity index (χ0v) is 13.3. The van der Waals surface area contributed by atoms with Crippen molar-refractivity contribution in [1.82, 2.24) is 4.90 Å². The fourth-order valence-corrected chi connectivity index (χ4v) is 5.44. The summed E-state index contributed by atoms with van der Waals surface area (Å²) in [5.41, 5.74) is -0.0963. The molecule has 4 bridgehead atoms. The van der Waals surface area contributed by atoms with Crippen molar-refractivity contribution in [1.29, 1.82) is 0 Å². The lowest BCUT2D eigenvalue weighted by Gasteiger charge is -2.56. The van der Waals surface area contributed by atoms with Gasteiger partial charge in [0.05, 0.1) is 18.9 Å². The van der Waals surface area contributed by atoms with E-state index in [0.717, 1.165) is 37.0 Å². The second-order valence-electron chi connectivity index (χ2n) is 7.41. The lowest BCUT2D eigenvalue weighted by atomic mass is 9.49. The van der Waals surface area contributed by atoms with E-state index in [0.29, 0.717) is 25.4 Å². The summed E-state index contributed by atoms with van der Waals surface area (Å²) >= 11 is 0. The van der Waals surface area contributed by atoms with E-state index in [1.165, 1.54) is 26.4 Å². The molecule has 1 amide bonds. The molecule has 4 nitrogen and oxygen atoms in total. The van der Waals surface area contributed by atoms with E-state index >= 15 is 0 Å². The normalized spacial score (nSPS) is 36.6. The predicted molar refractivity (Wildman–Crippen MR) is 79.5 cm³/mol. The Morgan fingerprint density at radius 3 is 2.05 bits per heavy atom. The zero-order valence-electron chi connectivity index (χ0n) is 13.3. The van der Waals surface area contributed by atoms with Crippen molar-refractivity contribution in [3.63, 3.8) is 0 Å². The average molecular weight is 293 g/mol. The fraction of sp³-hybridized carbons (Fsp3) is 0.882. The largest absolute Gasteiger partial charge is 0.469 e. The van der Waals surface area contributed by atoms with E-state index in [4.69, 9.17) is 4.74 Å². The summed E-state index contributed by atoms with van der Waals surface area (Å²) < 4.78 is 4.70. The van der Waals surface area contributed by atoms with E-state index < -0.39 is 0 Å². The first-order valence-corrected chi connectivity index (χ1v) is 8.42. The topological polar surface area (TPSA) is 46.6 Å². The molecule has 0 heterocycles. The Morgan fingerprint density at radius 2 is 1.62 bits per heavy atom. The van der Waals surface area contributed by atoms with Crippen LogP contribution in [0.1, 0.15) is 51.9 Å². The lowest BCUT2D eigenvalue weighted by molar-refractivity contribution is -0.158. The Hall–Kier alpha value is -1.06. The molecule has 0 aromatic rings. The van der Waals surface area contributed by atoms with Crippen molar-refractivity contribution in [2.24, 2.45) is 23.2 Å². The number of esters is 1. The number of rotatable bonds is 5. The van der Waals surface area contributed by atoms with Gasteiger partial charge in [0.1, 0.15) is 0 Å². The molecule has 4 fully saturated rings. The fourth-order valence-electron chi connectivity index (χ4n) is 5.44. The molecule has 0 N–H and O–H groups in total. The Morgan fingerprint density at radius 1 is 1.10 bits per heavy atom. The minimum absolute atomic E-state index is 0.0963. The van der Waals surface area contributed by atoms with Gasteiger partial charge in [-0.3, -0.25) is 9.59 Å². The van der Waals surface area contributed by atoms with Gasteiger partial charge in [-0.25, -0.2) is 0 Å². The van der Waals surface area contributed by atoms with Gasteiger partial charge in [-0.05, 0) is 63.2 Å². The van der Waals surface area contributed by atoms with Crippen LogP contribution < -0.4 is 0 Å². The van der Waals surface area contributed by atoms with Crippen LogP contribution in [0.4, 0.5) is 0 Å². The van der Waals surface area contributed by atoms with Gasteiger partial charge in [0.15, 0.2) is 0 Å². The van der Waals surface area contributed by atoms with Crippen LogP contribution in [0.15, 0.2) is 0 Å². The summed E-state index contributed by atoms with van der Waals surface area (Å²) in [5, 5.41) is 0. The highest BCUT2D eigenvalue weighted by molar-refractivity contribution is 5.83. The molecule has 118 valence electrons. The molecule has 4 aliphatic rings. The molecular weight excluding hydrogens is 266 g/mol. The molecule has 4 saturated carbocycles. The predicted octanol–water partition coefficient (Wildman–Crippen LogP) is 2.61. The van der Waals surface area contributed by atoms with Gasteiger partial charge in [-0.1, -0.05) is 0 Å². The van der Waals surface area contributed by atoms with Crippen molar-refractivity contribution in [3.05, 3.63) is 0 Å². The van der Waals surface area contributed by atoms with Crippen LogP contribution in [-0.4, -0.2) is 37.0 Å². The summed E-state index contributed by atoms with van der Waals surface area (Å²) in [6.07, 6.45) is 7.62. The molecule has 0 radical (unpaired) electrons. The van der Waals surface area contributed by atoms with E-state index in [9.17, 15) is 9.59 Å². The molecule has 4 aliphatic carbocycles. The molecule has 21 heavy (non-hydrogen) atoms. The highest BCUT2D eigenvalue weighted by Crippen LogP contribution is 2.60. The quantitative estimate of drug-likeness (QED) is 0.732. The van der Waals surface area contributed by atoms with E-state index in [1.54, 1.807) is 0 Å². The average Bonchev–Trinajstić information content (AvgIpc) is 2.46. The van der Waals surface area contributed by atoms with Gasteiger partial charge in [0, 0.05) is 13.1 Å². The summed E-state index contributed by atoms with van der Waals surface area (Å²) in [6.45, 7) is 3.21. The number of amides is 1. The Balaban J connectivity index is 1.69. The van der Waals surface area contributed by atoms with E-state index in [1.807, 2.05) is 11.8 Å². The van der Waals surface area contributed by atoms with E-state index in [2.05, 4.69) is 0 Å². The van der Waals surface area contributed by atoms with Crippen molar-refractivity contribution >= 4 is 11.9 Å². The van der Waals surface area contributed by atoms with Crippen LogP contribution in [-0.2, 0) is 14.3 Å². The highest BCUT2D eigenvalue weighted by atomic mass is 16.5. The highest BCUT2D eigenvalue weighted by Gasteiger charge is 2.55. The third kappa shape index (κ3) is 2.69. The number of carbonyl (C=O) groups excluding carboxylic acids is 2. The Kier molecular flexibility index (Phi) is 3.98. The van der Waals surface area contributed by atoms with Crippen LogP contribution in [0, 0.1) is 23.2 Å². The summed E-state index contributed by atoms with van der Waals surface area (Å²) in [6, 6.07) is 0. The van der Waals surface area contributed by atoms with Gasteiger partial charge in [-0.2, -0.15) is 0 Å². The molecule has 0 atom stereocenters. The van der Waals surface area contributed by atoms with Crippen LogP contribution >= 0.6 is 0 Å². The number of ether oxygens (including phenoxy) is 1. The molecule has 0 aromatic heterocycles. The molecule has 0 saturated heterocycles. The minimum atomic E-state index is -0.230. The summed E-state index contributed by atoms with van der Waals surface area (Å²) in [7, 11) is 1.40. The molecular formula is C17H27NO3. The molecule has 0 spiro atoms. The first-order chi connectivity index (χ1) is 10.1. The number of nitrogens with zero attached hydrogens (tertiary/aromatic N) is 1.